The molecule has 9 heteroatoms. The molecule has 0 aliphatic rings. The smallest absolute Gasteiger partial charge is 0.361 e. The van der Waals surface area contributed by atoms with Gasteiger partial charge in [0.25, 0.3) is 6.29 Å². The molecule has 0 amide bonds. The summed E-state index contributed by atoms with van der Waals surface area (Å²) in [4.78, 5) is 37.2. The zero-order valence-corrected chi connectivity index (χ0v) is 45.8. The maximum atomic E-state index is 12.8. The van der Waals surface area contributed by atoms with Crippen LogP contribution >= 0.6 is 0 Å². The van der Waals surface area contributed by atoms with Gasteiger partial charge in [-0.25, -0.2) is 4.79 Å². The van der Waals surface area contributed by atoms with Crippen LogP contribution in [0.1, 0.15) is 206 Å². The minimum atomic E-state index is -1.52. The number of allylic oxidation sites excluding steroid dienone is 18. The molecule has 0 aliphatic heterocycles. The SMILES string of the molecule is CC/C=C\C/C=C\C/C=C\C/C=C\C/C=C\C/C=C\C/C=C\C/C=C\C/C=C\CCCCCCCCCC(=O)OC(COC(=O)CCCCCCCCCCCCC)COC(OCC[N+](C)(C)C)C(=O)O. The minimum absolute atomic E-state index is 0.181. The van der Waals surface area contributed by atoms with Crippen molar-refractivity contribution in [2.24, 2.45) is 0 Å². The Hall–Kier alpha value is -4.05. The third kappa shape index (κ3) is 53.6. The molecule has 0 radical (unpaired) electrons. The van der Waals surface area contributed by atoms with Crippen molar-refractivity contribution < 1.29 is 42.9 Å². The van der Waals surface area contributed by atoms with Crippen molar-refractivity contribution in [2.75, 3.05) is 47.5 Å². The first kappa shape index (κ1) is 67.0. The standard InChI is InChI=1S/C62H103NO8/c1-6-8-10-12-14-16-18-19-20-21-22-23-24-25-26-27-28-29-30-31-32-33-34-35-36-37-38-39-40-41-43-45-47-49-51-53-60(65)71-58(57-70-62(61(66)67)68-55-54-63(3,4)5)56-69-59(64)52-50-48-46-44-42-17-15-13-11-9-7-2/h8,10,14,16,19-20,22-23,25-26,28-29,31-32,34-35,37-38,58,62H,6-7,9,11-13,15,17-18,21,24,27,30,33,36,39-57H2,1-5H3/p+1/b10-8-,16-14-,20-19-,23-22-,26-25-,29-28-,32-31-,35-34-,38-37-. The molecular formula is C62H104NO8+. The van der Waals surface area contributed by atoms with Crippen LogP contribution in [0.25, 0.3) is 0 Å². The van der Waals surface area contributed by atoms with Gasteiger partial charge in [-0.05, 0) is 83.5 Å². The van der Waals surface area contributed by atoms with Crippen LogP contribution in [-0.4, -0.2) is 87.4 Å². The Kier molecular flexibility index (Phi) is 49.3. The maximum absolute atomic E-state index is 12.8. The number of carbonyl (C=O) groups excluding carboxylic acids is 2. The Balaban J connectivity index is 4.21. The van der Waals surface area contributed by atoms with Crippen LogP contribution in [0.3, 0.4) is 0 Å². The topological polar surface area (TPSA) is 108 Å². The molecule has 0 fully saturated rings. The van der Waals surface area contributed by atoms with Gasteiger partial charge in [-0.1, -0.05) is 220 Å². The van der Waals surface area contributed by atoms with E-state index in [0.717, 1.165) is 103 Å². The second-order valence-corrected chi connectivity index (χ2v) is 19.5. The van der Waals surface area contributed by atoms with Crippen molar-refractivity contribution >= 4 is 17.9 Å². The fourth-order valence-corrected chi connectivity index (χ4v) is 7.24. The molecule has 0 aromatic carbocycles. The number of aliphatic carboxylic acids is 1. The van der Waals surface area contributed by atoms with Gasteiger partial charge >= 0.3 is 17.9 Å². The number of carbonyl (C=O) groups is 3. The van der Waals surface area contributed by atoms with E-state index in [0.29, 0.717) is 23.9 Å². The Morgan fingerprint density at radius 2 is 0.803 bits per heavy atom. The lowest BCUT2D eigenvalue weighted by Gasteiger charge is -2.25. The second kappa shape index (κ2) is 52.3. The van der Waals surface area contributed by atoms with E-state index in [2.05, 4.69) is 123 Å². The first-order chi connectivity index (χ1) is 34.6. The van der Waals surface area contributed by atoms with Gasteiger partial charge in [0.1, 0.15) is 13.2 Å². The molecule has 2 atom stereocenters. The number of hydrogen-bond acceptors (Lipinski definition) is 7. The molecule has 0 aliphatic carbocycles. The average molecular weight is 992 g/mol. The number of nitrogens with zero attached hydrogens (tertiary/aromatic N) is 1. The summed E-state index contributed by atoms with van der Waals surface area (Å²) in [6.45, 7) is 4.72. The quantitative estimate of drug-likeness (QED) is 0.0211. The normalized spacial score (nSPS) is 13.6. The van der Waals surface area contributed by atoms with Crippen molar-refractivity contribution in [1.82, 2.24) is 0 Å². The van der Waals surface area contributed by atoms with Gasteiger partial charge in [0.05, 0.1) is 34.4 Å². The zero-order chi connectivity index (χ0) is 52.0. The van der Waals surface area contributed by atoms with E-state index >= 15 is 0 Å². The van der Waals surface area contributed by atoms with E-state index in [9.17, 15) is 19.5 Å². The Morgan fingerprint density at radius 3 is 1.20 bits per heavy atom. The summed E-state index contributed by atoms with van der Waals surface area (Å²) in [5.41, 5.74) is 0. The zero-order valence-electron chi connectivity index (χ0n) is 45.8. The van der Waals surface area contributed by atoms with E-state index in [1.165, 1.54) is 70.6 Å². The van der Waals surface area contributed by atoms with Crippen LogP contribution in [-0.2, 0) is 33.3 Å². The van der Waals surface area contributed by atoms with Crippen LogP contribution in [0.4, 0.5) is 0 Å². The number of carboxylic acid groups (broad SMARTS) is 1. The number of esters is 2. The van der Waals surface area contributed by atoms with Crippen LogP contribution in [0.15, 0.2) is 109 Å². The second-order valence-electron chi connectivity index (χ2n) is 19.5. The molecule has 0 rings (SSSR count). The number of carboxylic acids is 1. The molecule has 0 heterocycles. The number of likely N-dealkylation sites (N-methyl/N-ethyl adjacent to an activating group) is 1. The highest BCUT2D eigenvalue weighted by atomic mass is 16.7. The maximum Gasteiger partial charge on any atom is 0.361 e. The number of ether oxygens (including phenoxy) is 4. The van der Waals surface area contributed by atoms with Gasteiger partial charge in [-0.15, -0.1) is 0 Å². The number of hydrogen-bond donors (Lipinski definition) is 1. The molecule has 0 spiro atoms. The highest BCUT2D eigenvalue weighted by Crippen LogP contribution is 2.14. The fraction of sp³-hybridized carbons (Fsp3) is 0.661. The van der Waals surface area contributed by atoms with Crippen LogP contribution in [0, 0.1) is 0 Å². The Bertz CT molecular complexity index is 1530. The third-order valence-corrected chi connectivity index (χ3v) is 11.5. The molecule has 2 unspecified atom stereocenters. The van der Waals surface area contributed by atoms with Gasteiger partial charge in [0, 0.05) is 12.8 Å². The summed E-state index contributed by atoms with van der Waals surface area (Å²) in [7, 11) is 5.95. The molecular weight excluding hydrogens is 887 g/mol. The highest BCUT2D eigenvalue weighted by Gasteiger charge is 2.25. The van der Waals surface area contributed by atoms with Gasteiger partial charge in [-0.3, -0.25) is 9.59 Å². The monoisotopic (exact) mass is 991 g/mol. The van der Waals surface area contributed by atoms with Gasteiger partial charge in [0.2, 0.25) is 0 Å². The van der Waals surface area contributed by atoms with E-state index in [1.807, 2.05) is 21.1 Å². The molecule has 9 nitrogen and oxygen atoms in total. The largest absolute Gasteiger partial charge is 0.477 e. The molecule has 0 bridgehead atoms. The van der Waals surface area contributed by atoms with Crippen molar-refractivity contribution in [2.45, 2.75) is 219 Å². The first-order valence-electron chi connectivity index (χ1n) is 28.1. The first-order valence-corrected chi connectivity index (χ1v) is 28.1. The molecule has 404 valence electrons. The number of quaternary nitrogens is 1. The number of unbranched alkanes of at least 4 members (excludes halogenated alkanes) is 17. The lowest BCUT2D eigenvalue weighted by molar-refractivity contribution is -0.870. The Labute approximate surface area is 434 Å². The summed E-state index contributed by atoms with van der Waals surface area (Å²) < 4.78 is 22.8. The number of rotatable bonds is 50. The summed E-state index contributed by atoms with van der Waals surface area (Å²) in [5.74, 6) is -2.03. The molecule has 71 heavy (non-hydrogen) atoms. The lowest BCUT2D eigenvalue weighted by Crippen LogP contribution is -2.40. The van der Waals surface area contributed by atoms with Crippen LogP contribution < -0.4 is 0 Å². The van der Waals surface area contributed by atoms with E-state index in [1.54, 1.807) is 0 Å². The van der Waals surface area contributed by atoms with Gasteiger partial charge in [-0.2, -0.15) is 0 Å². The summed E-state index contributed by atoms with van der Waals surface area (Å²) in [6.07, 6.45) is 68.8. The molecule has 0 saturated heterocycles. The lowest BCUT2D eigenvalue weighted by atomic mass is 10.1. The van der Waals surface area contributed by atoms with E-state index in [-0.39, 0.29) is 32.2 Å². The van der Waals surface area contributed by atoms with Crippen molar-refractivity contribution in [3.63, 3.8) is 0 Å². The Morgan fingerprint density at radius 1 is 0.437 bits per heavy atom. The fourth-order valence-electron chi connectivity index (χ4n) is 7.24. The van der Waals surface area contributed by atoms with Gasteiger partial charge < -0.3 is 28.5 Å². The average Bonchev–Trinajstić information content (AvgIpc) is 3.34. The third-order valence-electron chi connectivity index (χ3n) is 11.5. The van der Waals surface area contributed by atoms with Crippen molar-refractivity contribution in [3.8, 4) is 0 Å². The molecule has 0 aromatic rings. The summed E-state index contributed by atoms with van der Waals surface area (Å²) in [6, 6.07) is 0. The summed E-state index contributed by atoms with van der Waals surface area (Å²) >= 11 is 0. The predicted octanol–water partition coefficient (Wildman–Crippen LogP) is 16.3. The van der Waals surface area contributed by atoms with Crippen molar-refractivity contribution in [3.05, 3.63) is 109 Å². The van der Waals surface area contributed by atoms with E-state index in [4.69, 9.17) is 18.9 Å². The molecule has 1 N–H and O–H groups in total. The van der Waals surface area contributed by atoms with Crippen LogP contribution in [0.5, 0.6) is 0 Å². The highest BCUT2D eigenvalue weighted by molar-refractivity contribution is 5.71. The predicted molar refractivity (Wildman–Crippen MR) is 299 cm³/mol. The minimum Gasteiger partial charge on any atom is -0.477 e. The van der Waals surface area contributed by atoms with Crippen molar-refractivity contribution in [1.29, 1.82) is 0 Å². The molecule has 0 saturated carbocycles. The van der Waals surface area contributed by atoms with Gasteiger partial charge in [0.15, 0.2) is 6.10 Å². The molecule has 0 aromatic heterocycles. The van der Waals surface area contributed by atoms with Crippen LogP contribution in [0.2, 0.25) is 0 Å². The summed E-state index contributed by atoms with van der Waals surface area (Å²) in [5, 5.41) is 9.67. The van der Waals surface area contributed by atoms with E-state index < -0.39 is 24.3 Å².